The number of carbonyl (C=O) groups is 1. The lowest BCUT2D eigenvalue weighted by Gasteiger charge is -2.10. The van der Waals surface area contributed by atoms with Gasteiger partial charge < -0.3 is 0 Å². The molecule has 0 N–H and O–H groups in total. The highest BCUT2D eigenvalue weighted by Gasteiger charge is 2.32. The quantitative estimate of drug-likeness (QED) is 0.675. The first-order valence-electron chi connectivity index (χ1n) is 4.58. The summed E-state index contributed by atoms with van der Waals surface area (Å²) < 4.78 is 38.0. The molecule has 4 heteroatoms. The van der Waals surface area contributed by atoms with Gasteiger partial charge in [-0.05, 0) is 16.8 Å². The van der Waals surface area contributed by atoms with E-state index in [1.54, 1.807) is 0 Å². The lowest BCUT2D eigenvalue weighted by molar-refractivity contribution is -0.136. The lowest BCUT2D eigenvalue weighted by Crippen LogP contribution is -2.05. The van der Waals surface area contributed by atoms with Gasteiger partial charge in [0.1, 0.15) is 0 Å². The molecular formula is C12H7F3O. The standard InChI is InChI=1S/C12H7F3O/c13-12(14,15)11-6-2-4-9-8(7-16)3-1-5-10(9)11/h1-7H. The van der Waals surface area contributed by atoms with E-state index in [2.05, 4.69) is 0 Å². The number of halogens is 3. The second-order valence-corrected chi connectivity index (χ2v) is 3.36. The fourth-order valence-corrected chi connectivity index (χ4v) is 1.68. The summed E-state index contributed by atoms with van der Waals surface area (Å²) in [6.07, 6.45) is -3.84. The summed E-state index contributed by atoms with van der Waals surface area (Å²) in [4.78, 5) is 10.7. The number of carbonyl (C=O) groups excluding carboxylic acids is 1. The molecule has 0 spiro atoms. The fraction of sp³-hybridized carbons (Fsp3) is 0.0833. The smallest absolute Gasteiger partial charge is 0.298 e. The van der Waals surface area contributed by atoms with E-state index in [4.69, 9.17) is 0 Å². The van der Waals surface area contributed by atoms with Crippen molar-refractivity contribution in [2.24, 2.45) is 0 Å². The second-order valence-electron chi connectivity index (χ2n) is 3.36. The first kappa shape index (κ1) is 10.7. The number of benzene rings is 2. The van der Waals surface area contributed by atoms with E-state index in [1.807, 2.05) is 0 Å². The number of hydrogen-bond acceptors (Lipinski definition) is 1. The highest BCUT2D eigenvalue weighted by molar-refractivity contribution is 5.99. The molecule has 0 unspecified atom stereocenters. The Morgan fingerprint density at radius 1 is 0.938 bits per heavy atom. The molecule has 16 heavy (non-hydrogen) atoms. The van der Waals surface area contributed by atoms with Gasteiger partial charge in [-0.15, -0.1) is 0 Å². The first-order chi connectivity index (χ1) is 7.54. The first-order valence-corrected chi connectivity index (χ1v) is 4.58. The zero-order chi connectivity index (χ0) is 11.8. The van der Waals surface area contributed by atoms with Crippen molar-refractivity contribution in [2.45, 2.75) is 6.18 Å². The number of alkyl halides is 3. The van der Waals surface area contributed by atoms with Crippen LogP contribution in [-0.2, 0) is 6.18 Å². The maximum absolute atomic E-state index is 12.7. The van der Waals surface area contributed by atoms with Gasteiger partial charge >= 0.3 is 6.18 Å². The van der Waals surface area contributed by atoms with E-state index < -0.39 is 11.7 Å². The Labute approximate surface area is 89.5 Å². The molecule has 2 rings (SSSR count). The van der Waals surface area contributed by atoms with Crippen LogP contribution in [0.15, 0.2) is 36.4 Å². The SMILES string of the molecule is O=Cc1cccc2c(C(F)(F)F)cccc12. The summed E-state index contributed by atoms with van der Waals surface area (Å²) in [5.41, 5.74) is -0.447. The molecule has 0 heterocycles. The van der Waals surface area contributed by atoms with Crippen molar-refractivity contribution in [3.05, 3.63) is 47.5 Å². The van der Waals surface area contributed by atoms with Gasteiger partial charge in [0.2, 0.25) is 0 Å². The Hall–Kier alpha value is -1.84. The van der Waals surface area contributed by atoms with Crippen LogP contribution in [-0.4, -0.2) is 6.29 Å². The van der Waals surface area contributed by atoms with Crippen LogP contribution in [0.2, 0.25) is 0 Å². The van der Waals surface area contributed by atoms with Crippen molar-refractivity contribution in [1.29, 1.82) is 0 Å². The third-order valence-electron chi connectivity index (χ3n) is 2.39. The molecule has 1 nitrogen and oxygen atoms in total. The monoisotopic (exact) mass is 224 g/mol. The van der Waals surface area contributed by atoms with E-state index in [-0.39, 0.29) is 10.9 Å². The molecular weight excluding hydrogens is 217 g/mol. The molecule has 0 atom stereocenters. The van der Waals surface area contributed by atoms with Crippen molar-refractivity contribution in [3.63, 3.8) is 0 Å². The molecule has 82 valence electrons. The number of aldehydes is 1. The Kier molecular flexibility index (Phi) is 2.42. The van der Waals surface area contributed by atoms with E-state index in [0.717, 1.165) is 6.07 Å². The summed E-state index contributed by atoms with van der Waals surface area (Å²) in [5.74, 6) is 0. The van der Waals surface area contributed by atoms with Crippen molar-refractivity contribution >= 4 is 17.1 Å². The average Bonchev–Trinajstić information content (AvgIpc) is 2.26. The second kappa shape index (κ2) is 3.63. The molecule has 2 aromatic rings. The van der Waals surface area contributed by atoms with Crippen LogP contribution in [0.5, 0.6) is 0 Å². The molecule has 0 fully saturated rings. The Morgan fingerprint density at radius 2 is 1.56 bits per heavy atom. The Morgan fingerprint density at radius 3 is 2.19 bits per heavy atom. The maximum atomic E-state index is 12.7. The molecule has 0 radical (unpaired) electrons. The summed E-state index contributed by atoms with van der Waals surface area (Å²) >= 11 is 0. The van der Waals surface area contributed by atoms with Crippen molar-refractivity contribution in [2.75, 3.05) is 0 Å². The molecule has 0 bridgehead atoms. The van der Waals surface area contributed by atoms with Crippen molar-refractivity contribution in [3.8, 4) is 0 Å². The highest BCUT2D eigenvalue weighted by atomic mass is 19.4. The molecule has 0 saturated heterocycles. The van der Waals surface area contributed by atoms with Crippen LogP contribution in [0.25, 0.3) is 10.8 Å². The molecule has 0 aromatic heterocycles. The van der Waals surface area contributed by atoms with Gasteiger partial charge in [-0.25, -0.2) is 0 Å². The van der Waals surface area contributed by atoms with E-state index in [1.165, 1.54) is 30.3 Å². The third-order valence-corrected chi connectivity index (χ3v) is 2.39. The van der Waals surface area contributed by atoms with Crippen LogP contribution >= 0.6 is 0 Å². The molecule has 2 aromatic carbocycles. The molecule has 0 aliphatic rings. The summed E-state index contributed by atoms with van der Waals surface area (Å²) in [6, 6.07) is 8.13. The zero-order valence-electron chi connectivity index (χ0n) is 8.08. The molecule has 0 amide bonds. The van der Waals surface area contributed by atoms with Gasteiger partial charge in [-0.2, -0.15) is 13.2 Å². The van der Waals surface area contributed by atoms with E-state index in [9.17, 15) is 18.0 Å². The minimum absolute atomic E-state index is 0.0552. The Balaban J connectivity index is 2.84. The summed E-state index contributed by atoms with van der Waals surface area (Å²) in [7, 11) is 0. The lowest BCUT2D eigenvalue weighted by atomic mass is 10.0. The van der Waals surface area contributed by atoms with Gasteiger partial charge in [0.15, 0.2) is 6.29 Å². The summed E-state index contributed by atoms with van der Waals surface area (Å²) in [6.45, 7) is 0. The molecule has 0 aliphatic heterocycles. The summed E-state index contributed by atoms with van der Waals surface area (Å²) in [5, 5.41) is 0.381. The van der Waals surface area contributed by atoms with Crippen LogP contribution in [0.4, 0.5) is 13.2 Å². The predicted molar refractivity (Wildman–Crippen MR) is 54.3 cm³/mol. The normalized spacial score (nSPS) is 11.7. The third kappa shape index (κ3) is 1.66. The van der Waals surface area contributed by atoms with Gasteiger partial charge in [-0.3, -0.25) is 4.79 Å². The number of hydrogen-bond donors (Lipinski definition) is 0. The highest BCUT2D eigenvalue weighted by Crippen LogP contribution is 2.35. The largest absolute Gasteiger partial charge is 0.417 e. The predicted octanol–water partition coefficient (Wildman–Crippen LogP) is 3.67. The van der Waals surface area contributed by atoms with Crippen molar-refractivity contribution < 1.29 is 18.0 Å². The maximum Gasteiger partial charge on any atom is 0.417 e. The van der Waals surface area contributed by atoms with Gasteiger partial charge in [0.25, 0.3) is 0 Å². The van der Waals surface area contributed by atoms with Gasteiger partial charge in [-0.1, -0.05) is 30.3 Å². The topological polar surface area (TPSA) is 17.1 Å². The van der Waals surface area contributed by atoms with Crippen LogP contribution in [0.3, 0.4) is 0 Å². The Bertz CT molecular complexity index is 543. The van der Waals surface area contributed by atoms with Gasteiger partial charge in [0.05, 0.1) is 5.56 Å². The van der Waals surface area contributed by atoms with E-state index in [0.29, 0.717) is 11.7 Å². The average molecular weight is 224 g/mol. The number of fused-ring (bicyclic) bond motifs is 1. The molecule has 0 aliphatic carbocycles. The number of rotatable bonds is 1. The molecule has 0 saturated carbocycles. The van der Waals surface area contributed by atoms with Crippen LogP contribution < -0.4 is 0 Å². The van der Waals surface area contributed by atoms with Crippen LogP contribution in [0, 0.1) is 0 Å². The fourth-order valence-electron chi connectivity index (χ4n) is 1.68. The van der Waals surface area contributed by atoms with Gasteiger partial charge in [0, 0.05) is 5.56 Å². The minimum Gasteiger partial charge on any atom is -0.298 e. The van der Waals surface area contributed by atoms with Crippen molar-refractivity contribution in [1.82, 2.24) is 0 Å². The van der Waals surface area contributed by atoms with Crippen LogP contribution in [0.1, 0.15) is 15.9 Å². The van der Waals surface area contributed by atoms with E-state index >= 15 is 0 Å². The zero-order valence-corrected chi connectivity index (χ0v) is 8.08. The minimum atomic E-state index is -4.40.